The van der Waals surface area contributed by atoms with Crippen molar-refractivity contribution in [3.05, 3.63) is 87.1 Å². The largest absolute Gasteiger partial charge is 0.508 e. The van der Waals surface area contributed by atoms with Crippen LogP contribution in [-0.4, -0.2) is 61.6 Å². The number of carbonyl (C=O) groups is 3. The van der Waals surface area contributed by atoms with Gasteiger partial charge in [0.2, 0.25) is 5.91 Å². The molecule has 40 heavy (non-hydrogen) atoms. The fraction of sp³-hybridized carbons (Fsp3) is 0.367. The van der Waals surface area contributed by atoms with Crippen molar-refractivity contribution in [2.45, 2.75) is 63.6 Å². The van der Waals surface area contributed by atoms with Crippen LogP contribution in [0.2, 0.25) is 0 Å². The summed E-state index contributed by atoms with van der Waals surface area (Å²) in [5, 5.41) is 29.2. The number of phenolic OH excluding ortho intramolecular Hbond substituents is 1. The Morgan fingerprint density at radius 3 is 2.48 bits per heavy atom. The van der Waals surface area contributed by atoms with E-state index in [2.05, 4.69) is 10.6 Å². The fourth-order valence-electron chi connectivity index (χ4n) is 4.83. The van der Waals surface area contributed by atoms with Gasteiger partial charge in [-0.25, -0.2) is 0 Å². The first-order valence-electron chi connectivity index (χ1n) is 13.1. The standard InChI is InChI=1S/C30H35N3O5S2/c1-18-13-14-39-24(18)16-31-28(37)26-30(3,4)40-17-33(26)29(38)25(35)22(15-20-9-6-5-7-10-20)32-27(36)21-11-8-12-23(34)19(21)2/h5-14,22,25-26,34-35H,15-17H2,1-4H3,(H,31,37)(H,32,36)/t22-,25-,26-/m0/s1. The smallest absolute Gasteiger partial charge is 0.254 e. The Labute approximate surface area is 242 Å². The van der Waals surface area contributed by atoms with Gasteiger partial charge in [0, 0.05) is 20.8 Å². The van der Waals surface area contributed by atoms with Crippen LogP contribution in [0.3, 0.4) is 0 Å². The van der Waals surface area contributed by atoms with Gasteiger partial charge in [0.1, 0.15) is 11.8 Å². The third-order valence-corrected chi connectivity index (χ3v) is 9.67. The number of aromatic hydroxyl groups is 1. The first-order chi connectivity index (χ1) is 19.0. The SMILES string of the molecule is Cc1ccsc1CNC(=O)[C@@H]1N(C(=O)[C@@H](O)[C@H](Cc2ccccc2)NC(=O)c2cccc(O)c2C)CSC1(C)C. The summed E-state index contributed by atoms with van der Waals surface area (Å²) in [5.74, 6) is -1.22. The summed E-state index contributed by atoms with van der Waals surface area (Å²) in [6.45, 7) is 7.79. The molecule has 4 N–H and O–H groups in total. The van der Waals surface area contributed by atoms with Gasteiger partial charge in [-0.1, -0.05) is 36.4 Å². The van der Waals surface area contributed by atoms with Crippen LogP contribution in [0, 0.1) is 13.8 Å². The number of amides is 3. The molecule has 10 heteroatoms. The summed E-state index contributed by atoms with van der Waals surface area (Å²) in [7, 11) is 0. The second-order valence-corrected chi connectivity index (χ2v) is 13.1. The molecule has 0 bridgehead atoms. The number of carbonyl (C=O) groups excluding carboxylic acids is 3. The predicted octanol–water partition coefficient (Wildman–Crippen LogP) is 3.77. The number of nitrogens with one attached hydrogen (secondary N) is 2. The van der Waals surface area contributed by atoms with E-state index in [0.717, 1.165) is 16.0 Å². The van der Waals surface area contributed by atoms with Crippen LogP contribution in [0.1, 0.15) is 45.8 Å². The maximum atomic E-state index is 13.8. The van der Waals surface area contributed by atoms with Crippen LogP contribution in [0.5, 0.6) is 5.75 Å². The molecule has 0 saturated carbocycles. The van der Waals surface area contributed by atoms with E-state index in [4.69, 9.17) is 0 Å². The van der Waals surface area contributed by atoms with Crippen LogP contribution in [-0.2, 0) is 22.6 Å². The second-order valence-electron chi connectivity index (χ2n) is 10.5. The molecule has 0 unspecified atom stereocenters. The molecule has 1 saturated heterocycles. The number of phenols is 1. The molecule has 1 aliphatic rings. The lowest BCUT2D eigenvalue weighted by molar-refractivity contribution is -0.147. The molecule has 1 aliphatic heterocycles. The van der Waals surface area contributed by atoms with Gasteiger partial charge in [-0.15, -0.1) is 23.1 Å². The number of aliphatic hydroxyl groups is 1. The Morgan fingerprint density at radius 1 is 1.07 bits per heavy atom. The zero-order chi connectivity index (χ0) is 29.0. The molecular weight excluding hydrogens is 546 g/mol. The molecule has 3 aromatic rings. The molecule has 0 aliphatic carbocycles. The summed E-state index contributed by atoms with van der Waals surface area (Å²) in [6.07, 6.45) is -1.41. The van der Waals surface area contributed by atoms with Gasteiger partial charge in [0.25, 0.3) is 11.8 Å². The highest BCUT2D eigenvalue weighted by molar-refractivity contribution is 8.00. The van der Waals surface area contributed by atoms with Crippen LogP contribution in [0.25, 0.3) is 0 Å². The van der Waals surface area contributed by atoms with Gasteiger partial charge in [-0.05, 0) is 68.8 Å². The summed E-state index contributed by atoms with van der Waals surface area (Å²) in [6, 6.07) is 14.1. The zero-order valence-corrected chi connectivity index (χ0v) is 24.6. The number of aryl methyl sites for hydroxylation is 1. The minimum atomic E-state index is -1.61. The number of thioether (sulfide) groups is 1. The number of thiophene rings is 1. The summed E-state index contributed by atoms with van der Waals surface area (Å²) >= 11 is 3.03. The summed E-state index contributed by atoms with van der Waals surface area (Å²) in [5.41, 5.74) is 2.56. The monoisotopic (exact) mass is 581 g/mol. The lowest BCUT2D eigenvalue weighted by atomic mass is 9.96. The van der Waals surface area contributed by atoms with Crippen LogP contribution in [0.4, 0.5) is 0 Å². The lowest BCUT2D eigenvalue weighted by Crippen LogP contribution is -2.58. The molecular formula is C30H35N3O5S2. The van der Waals surface area contributed by atoms with E-state index in [9.17, 15) is 24.6 Å². The number of hydrogen-bond acceptors (Lipinski definition) is 7. The molecule has 3 amide bonds. The van der Waals surface area contributed by atoms with E-state index < -0.39 is 34.7 Å². The van der Waals surface area contributed by atoms with Crippen LogP contribution >= 0.6 is 23.1 Å². The van der Waals surface area contributed by atoms with E-state index >= 15 is 0 Å². The van der Waals surface area contributed by atoms with Crippen molar-refractivity contribution in [2.24, 2.45) is 0 Å². The van der Waals surface area contributed by atoms with Crippen molar-refractivity contribution < 1.29 is 24.6 Å². The predicted molar refractivity (Wildman–Crippen MR) is 158 cm³/mol. The van der Waals surface area contributed by atoms with E-state index in [0.29, 0.717) is 12.1 Å². The lowest BCUT2D eigenvalue weighted by Gasteiger charge is -2.33. The Kier molecular flexibility index (Phi) is 9.22. The van der Waals surface area contributed by atoms with Crippen molar-refractivity contribution in [2.75, 3.05) is 5.88 Å². The van der Waals surface area contributed by atoms with Gasteiger partial charge >= 0.3 is 0 Å². The summed E-state index contributed by atoms with van der Waals surface area (Å²) < 4.78 is -0.583. The van der Waals surface area contributed by atoms with E-state index in [-0.39, 0.29) is 29.5 Å². The normalized spacial score (nSPS) is 17.7. The number of rotatable bonds is 9. The van der Waals surface area contributed by atoms with Crippen molar-refractivity contribution in [1.82, 2.24) is 15.5 Å². The highest BCUT2D eigenvalue weighted by Crippen LogP contribution is 2.40. The van der Waals surface area contributed by atoms with Crippen molar-refractivity contribution >= 4 is 40.8 Å². The van der Waals surface area contributed by atoms with E-state index in [1.807, 2.05) is 62.5 Å². The van der Waals surface area contributed by atoms with Crippen molar-refractivity contribution in [3.63, 3.8) is 0 Å². The molecule has 0 radical (unpaired) electrons. The first-order valence-corrected chi connectivity index (χ1v) is 14.9. The van der Waals surface area contributed by atoms with Crippen molar-refractivity contribution in [1.29, 1.82) is 0 Å². The van der Waals surface area contributed by atoms with Gasteiger partial charge in [0.15, 0.2) is 6.10 Å². The minimum Gasteiger partial charge on any atom is -0.508 e. The quantitative estimate of drug-likeness (QED) is 0.306. The Bertz CT molecular complexity index is 1370. The Hall–Kier alpha value is -3.34. The minimum absolute atomic E-state index is 0.0215. The number of benzene rings is 2. The van der Waals surface area contributed by atoms with E-state index in [1.54, 1.807) is 30.4 Å². The van der Waals surface area contributed by atoms with Crippen LogP contribution in [0.15, 0.2) is 60.0 Å². The maximum absolute atomic E-state index is 13.8. The van der Waals surface area contributed by atoms with Crippen molar-refractivity contribution in [3.8, 4) is 5.75 Å². The number of nitrogens with zero attached hydrogens (tertiary/aromatic N) is 1. The van der Waals surface area contributed by atoms with Gasteiger partial charge in [0.05, 0.1) is 18.5 Å². The average molecular weight is 582 g/mol. The molecule has 2 heterocycles. The molecule has 3 atom stereocenters. The van der Waals surface area contributed by atoms with Gasteiger partial charge in [-0.3, -0.25) is 14.4 Å². The topological polar surface area (TPSA) is 119 Å². The number of aliphatic hydroxyl groups excluding tert-OH is 1. The van der Waals surface area contributed by atoms with Gasteiger partial charge in [-0.2, -0.15) is 0 Å². The molecule has 0 spiro atoms. The molecule has 212 valence electrons. The molecule has 4 rings (SSSR count). The number of hydrogen-bond donors (Lipinski definition) is 4. The third kappa shape index (κ3) is 6.51. The highest BCUT2D eigenvalue weighted by atomic mass is 32.2. The molecule has 1 aromatic heterocycles. The summed E-state index contributed by atoms with van der Waals surface area (Å²) in [4.78, 5) is 42.9. The second kappa shape index (κ2) is 12.4. The van der Waals surface area contributed by atoms with Gasteiger partial charge < -0.3 is 25.7 Å². The molecule has 2 aromatic carbocycles. The molecule has 1 fully saturated rings. The fourth-order valence-corrected chi connectivity index (χ4v) is 6.82. The Balaban J connectivity index is 1.56. The van der Waals surface area contributed by atoms with E-state index in [1.165, 1.54) is 22.7 Å². The zero-order valence-electron chi connectivity index (χ0n) is 23.0. The molecule has 8 nitrogen and oxygen atoms in total. The van der Waals surface area contributed by atoms with Crippen LogP contribution < -0.4 is 10.6 Å². The first kappa shape index (κ1) is 29.6. The highest BCUT2D eigenvalue weighted by Gasteiger charge is 2.49. The third-order valence-electron chi connectivity index (χ3n) is 7.27. The maximum Gasteiger partial charge on any atom is 0.254 e. The average Bonchev–Trinajstić information content (AvgIpc) is 3.49. The Morgan fingerprint density at radius 2 is 1.80 bits per heavy atom.